The largest absolute Gasteiger partial charge is 0.493 e. The Hall–Kier alpha value is -2.47. The molecule has 0 bridgehead atoms. The van der Waals surface area contributed by atoms with Crippen molar-refractivity contribution in [2.45, 2.75) is 20.8 Å². The number of ether oxygens (including phenoxy) is 1. The Kier molecular flexibility index (Phi) is 4.52. The summed E-state index contributed by atoms with van der Waals surface area (Å²) in [6.45, 7) is 6.76. The quantitative estimate of drug-likeness (QED) is 0.565. The van der Waals surface area contributed by atoms with Crippen LogP contribution in [0.4, 0.5) is 5.82 Å². The van der Waals surface area contributed by atoms with E-state index in [1.54, 1.807) is 23.9 Å². The predicted octanol–water partition coefficient (Wildman–Crippen LogP) is 4.15. The summed E-state index contributed by atoms with van der Waals surface area (Å²) in [6.07, 6.45) is 3.30. The van der Waals surface area contributed by atoms with Crippen molar-refractivity contribution in [1.82, 2.24) is 9.97 Å². The summed E-state index contributed by atoms with van der Waals surface area (Å²) >= 11 is 1.67. The van der Waals surface area contributed by atoms with E-state index in [0.29, 0.717) is 6.61 Å². The van der Waals surface area contributed by atoms with Crippen molar-refractivity contribution in [2.24, 2.45) is 5.10 Å². The molecule has 23 heavy (non-hydrogen) atoms. The monoisotopic (exact) mass is 326 g/mol. The lowest BCUT2D eigenvalue weighted by atomic mass is 10.2. The molecule has 2 aromatic heterocycles. The lowest BCUT2D eigenvalue weighted by Crippen LogP contribution is -1.98. The minimum Gasteiger partial charge on any atom is -0.493 e. The first-order valence-corrected chi connectivity index (χ1v) is 8.24. The van der Waals surface area contributed by atoms with Gasteiger partial charge in [-0.3, -0.25) is 5.43 Å². The fraction of sp³-hybridized carbons (Fsp3) is 0.235. The van der Waals surface area contributed by atoms with Crippen LogP contribution in [0.5, 0.6) is 5.75 Å². The number of fused-ring (bicyclic) bond motifs is 1. The van der Waals surface area contributed by atoms with Gasteiger partial charge >= 0.3 is 0 Å². The summed E-state index contributed by atoms with van der Waals surface area (Å²) in [5.41, 5.74) is 5.14. The van der Waals surface area contributed by atoms with Crippen LogP contribution < -0.4 is 10.2 Å². The number of benzene rings is 1. The molecule has 5 nitrogen and oxygen atoms in total. The number of nitrogens with zero attached hydrogens (tertiary/aromatic N) is 3. The Morgan fingerprint density at radius 2 is 2.09 bits per heavy atom. The van der Waals surface area contributed by atoms with Gasteiger partial charge in [-0.15, -0.1) is 11.3 Å². The van der Waals surface area contributed by atoms with Gasteiger partial charge < -0.3 is 4.74 Å². The van der Waals surface area contributed by atoms with Gasteiger partial charge in [0, 0.05) is 10.4 Å². The van der Waals surface area contributed by atoms with Crippen molar-refractivity contribution in [2.75, 3.05) is 12.0 Å². The summed E-state index contributed by atoms with van der Waals surface area (Å²) in [5.74, 6) is 1.54. The number of aromatic nitrogens is 2. The molecular weight excluding hydrogens is 308 g/mol. The van der Waals surface area contributed by atoms with E-state index in [0.717, 1.165) is 27.3 Å². The first-order valence-electron chi connectivity index (χ1n) is 7.42. The van der Waals surface area contributed by atoms with Crippen LogP contribution in [-0.2, 0) is 0 Å². The number of aryl methyl sites for hydroxylation is 2. The molecular formula is C17H18N4OS. The number of thiophene rings is 1. The van der Waals surface area contributed by atoms with Crippen molar-refractivity contribution in [3.8, 4) is 5.75 Å². The Labute approximate surface area is 139 Å². The van der Waals surface area contributed by atoms with E-state index >= 15 is 0 Å². The number of para-hydroxylation sites is 1. The van der Waals surface area contributed by atoms with Crippen LogP contribution in [0.2, 0.25) is 0 Å². The Morgan fingerprint density at radius 3 is 2.91 bits per heavy atom. The fourth-order valence-electron chi connectivity index (χ4n) is 2.30. The zero-order chi connectivity index (χ0) is 16.2. The third-order valence-electron chi connectivity index (χ3n) is 3.56. The summed E-state index contributed by atoms with van der Waals surface area (Å²) in [5, 5.41) is 5.35. The van der Waals surface area contributed by atoms with Gasteiger partial charge in [0.15, 0.2) is 5.82 Å². The maximum absolute atomic E-state index is 5.59. The first kappa shape index (κ1) is 15.4. The predicted molar refractivity (Wildman–Crippen MR) is 95.7 cm³/mol. The number of hydrazone groups is 1. The minimum atomic E-state index is 0.623. The Bertz CT molecular complexity index is 857. The van der Waals surface area contributed by atoms with Crippen molar-refractivity contribution >= 4 is 33.6 Å². The fourth-order valence-corrected chi connectivity index (χ4v) is 3.30. The average Bonchev–Trinajstić information content (AvgIpc) is 2.85. The maximum atomic E-state index is 5.59. The molecule has 3 rings (SSSR count). The van der Waals surface area contributed by atoms with Crippen LogP contribution in [0.1, 0.15) is 22.9 Å². The Morgan fingerprint density at radius 1 is 1.26 bits per heavy atom. The summed E-state index contributed by atoms with van der Waals surface area (Å²) in [7, 11) is 0. The number of rotatable bonds is 5. The van der Waals surface area contributed by atoms with Crippen LogP contribution >= 0.6 is 11.3 Å². The first-order chi connectivity index (χ1) is 11.2. The SMILES string of the molecule is CCOc1ccccc1C=NNc1ncnc2sc(C)c(C)c12. The smallest absolute Gasteiger partial charge is 0.158 e. The highest BCUT2D eigenvalue weighted by atomic mass is 32.1. The van der Waals surface area contributed by atoms with Crippen molar-refractivity contribution in [3.63, 3.8) is 0 Å². The van der Waals surface area contributed by atoms with E-state index in [-0.39, 0.29) is 0 Å². The number of nitrogens with one attached hydrogen (secondary N) is 1. The molecule has 0 aliphatic carbocycles. The van der Waals surface area contributed by atoms with E-state index < -0.39 is 0 Å². The molecule has 0 amide bonds. The zero-order valence-corrected chi connectivity index (χ0v) is 14.1. The highest BCUT2D eigenvalue weighted by Gasteiger charge is 2.11. The van der Waals surface area contributed by atoms with Crippen LogP contribution in [0.3, 0.4) is 0 Å². The molecule has 118 valence electrons. The van der Waals surface area contributed by atoms with Gasteiger partial charge in [0.05, 0.1) is 18.2 Å². The molecule has 0 unspecified atom stereocenters. The van der Waals surface area contributed by atoms with Crippen LogP contribution in [0, 0.1) is 13.8 Å². The minimum absolute atomic E-state index is 0.623. The molecule has 2 heterocycles. The topological polar surface area (TPSA) is 59.4 Å². The van der Waals surface area contributed by atoms with Gasteiger partial charge in [0.2, 0.25) is 0 Å². The molecule has 1 aromatic carbocycles. The maximum Gasteiger partial charge on any atom is 0.158 e. The summed E-state index contributed by atoms with van der Waals surface area (Å²) in [4.78, 5) is 10.9. The molecule has 0 fully saturated rings. The van der Waals surface area contributed by atoms with E-state index in [9.17, 15) is 0 Å². The Balaban J connectivity index is 1.87. The lowest BCUT2D eigenvalue weighted by Gasteiger charge is -2.06. The van der Waals surface area contributed by atoms with E-state index in [4.69, 9.17) is 4.74 Å². The highest BCUT2D eigenvalue weighted by Crippen LogP contribution is 2.32. The number of hydrogen-bond acceptors (Lipinski definition) is 6. The third kappa shape index (κ3) is 3.17. The van der Waals surface area contributed by atoms with Gasteiger partial charge in [-0.05, 0) is 38.5 Å². The van der Waals surface area contributed by atoms with E-state index in [2.05, 4.69) is 34.3 Å². The molecule has 0 saturated carbocycles. The second kappa shape index (κ2) is 6.75. The van der Waals surface area contributed by atoms with Crippen LogP contribution in [0.25, 0.3) is 10.2 Å². The highest BCUT2D eigenvalue weighted by molar-refractivity contribution is 7.18. The standard InChI is InChI=1S/C17H18N4OS/c1-4-22-14-8-6-5-7-13(14)9-20-21-16-15-11(2)12(3)23-17(15)19-10-18-16/h5-10H,4H2,1-3H3,(H,18,19,21). The number of anilines is 1. The van der Waals surface area contributed by atoms with Gasteiger partial charge in [0.25, 0.3) is 0 Å². The van der Waals surface area contributed by atoms with E-state index in [1.165, 1.54) is 10.4 Å². The molecule has 3 aromatic rings. The molecule has 0 saturated heterocycles. The molecule has 6 heteroatoms. The molecule has 0 radical (unpaired) electrons. The van der Waals surface area contributed by atoms with Crippen molar-refractivity contribution in [3.05, 3.63) is 46.6 Å². The van der Waals surface area contributed by atoms with E-state index in [1.807, 2.05) is 31.2 Å². The normalized spacial score (nSPS) is 11.3. The molecule has 0 aliphatic rings. The second-order valence-corrected chi connectivity index (χ2v) is 6.23. The van der Waals surface area contributed by atoms with Gasteiger partial charge in [-0.25, -0.2) is 9.97 Å². The third-order valence-corrected chi connectivity index (χ3v) is 4.67. The molecule has 0 atom stereocenters. The average molecular weight is 326 g/mol. The van der Waals surface area contributed by atoms with Crippen molar-refractivity contribution < 1.29 is 4.74 Å². The molecule has 0 spiro atoms. The molecule has 0 aliphatic heterocycles. The second-order valence-electron chi connectivity index (χ2n) is 5.03. The van der Waals surface area contributed by atoms with Crippen LogP contribution in [0.15, 0.2) is 35.7 Å². The van der Waals surface area contributed by atoms with Gasteiger partial charge in [0.1, 0.15) is 16.9 Å². The number of hydrogen-bond donors (Lipinski definition) is 1. The van der Waals surface area contributed by atoms with Crippen LogP contribution in [-0.4, -0.2) is 22.8 Å². The molecule has 1 N–H and O–H groups in total. The van der Waals surface area contributed by atoms with Gasteiger partial charge in [-0.2, -0.15) is 5.10 Å². The summed E-state index contributed by atoms with van der Waals surface area (Å²) < 4.78 is 5.59. The summed E-state index contributed by atoms with van der Waals surface area (Å²) in [6, 6.07) is 7.80. The van der Waals surface area contributed by atoms with Crippen molar-refractivity contribution in [1.29, 1.82) is 0 Å². The van der Waals surface area contributed by atoms with Gasteiger partial charge in [-0.1, -0.05) is 12.1 Å². The lowest BCUT2D eigenvalue weighted by molar-refractivity contribution is 0.340. The zero-order valence-electron chi connectivity index (χ0n) is 13.3.